The third-order valence-electron chi connectivity index (χ3n) is 4.97. The van der Waals surface area contributed by atoms with E-state index in [-0.39, 0.29) is 12.4 Å². The molecule has 1 aromatic rings. The van der Waals surface area contributed by atoms with Gasteiger partial charge in [0.1, 0.15) is 0 Å². The Kier molecular flexibility index (Phi) is 7.67. The van der Waals surface area contributed by atoms with Gasteiger partial charge in [0.05, 0.1) is 0 Å². The topological polar surface area (TPSA) is 18.5 Å². The van der Waals surface area contributed by atoms with E-state index in [1.165, 1.54) is 70.6 Å². The highest BCUT2D eigenvalue weighted by Crippen LogP contribution is 2.15. The molecule has 0 aliphatic carbocycles. The summed E-state index contributed by atoms with van der Waals surface area (Å²) in [5.41, 5.74) is 1.44. The lowest BCUT2D eigenvalue weighted by Gasteiger charge is -2.35. The number of nitrogens with zero attached hydrogens (tertiary/aromatic N) is 2. The molecule has 1 unspecified atom stereocenters. The zero-order chi connectivity index (χ0) is 14.3. The summed E-state index contributed by atoms with van der Waals surface area (Å²) in [6, 6.07) is 10.9. The van der Waals surface area contributed by atoms with Crippen LogP contribution in [0, 0.1) is 5.92 Å². The molecule has 1 N–H and O–H groups in total. The summed E-state index contributed by atoms with van der Waals surface area (Å²) in [6.45, 7) is 9.81. The molecule has 0 aromatic heterocycles. The third kappa shape index (κ3) is 5.54. The van der Waals surface area contributed by atoms with Crippen LogP contribution in [-0.4, -0.2) is 55.6 Å². The van der Waals surface area contributed by atoms with Crippen LogP contribution in [0.1, 0.15) is 24.8 Å². The van der Waals surface area contributed by atoms with E-state index in [2.05, 4.69) is 45.4 Å². The minimum atomic E-state index is 0. The second kappa shape index (κ2) is 9.51. The van der Waals surface area contributed by atoms with Crippen molar-refractivity contribution in [3.8, 4) is 0 Å². The lowest BCUT2D eigenvalue weighted by Crippen LogP contribution is -2.46. The Balaban J connectivity index is 0.00000176. The Morgan fingerprint density at radius 2 is 1.73 bits per heavy atom. The molecule has 0 amide bonds. The number of nitrogens with one attached hydrogen (secondary N) is 1. The summed E-state index contributed by atoms with van der Waals surface area (Å²) in [7, 11) is 0. The van der Waals surface area contributed by atoms with Crippen molar-refractivity contribution in [2.45, 2.75) is 25.8 Å². The fraction of sp³-hybridized carbons (Fsp3) is 0.667. The number of piperidine rings is 1. The van der Waals surface area contributed by atoms with E-state index in [4.69, 9.17) is 0 Å². The average molecular weight is 324 g/mol. The number of piperazine rings is 1. The van der Waals surface area contributed by atoms with Crippen molar-refractivity contribution in [2.24, 2.45) is 5.92 Å². The molecule has 0 spiro atoms. The van der Waals surface area contributed by atoms with Gasteiger partial charge in [-0.05, 0) is 50.4 Å². The van der Waals surface area contributed by atoms with E-state index in [0.29, 0.717) is 0 Å². The summed E-state index contributed by atoms with van der Waals surface area (Å²) in [5, 5.41) is 3.53. The van der Waals surface area contributed by atoms with Gasteiger partial charge in [0.2, 0.25) is 0 Å². The molecule has 1 atom stereocenters. The van der Waals surface area contributed by atoms with Crippen molar-refractivity contribution in [2.75, 3.05) is 45.8 Å². The fourth-order valence-electron chi connectivity index (χ4n) is 3.55. The summed E-state index contributed by atoms with van der Waals surface area (Å²) in [4.78, 5) is 5.25. The van der Waals surface area contributed by atoms with Crippen LogP contribution in [0.4, 0.5) is 0 Å². The zero-order valence-electron chi connectivity index (χ0n) is 13.5. The van der Waals surface area contributed by atoms with Crippen molar-refractivity contribution >= 4 is 12.4 Å². The number of hydrogen-bond donors (Lipinski definition) is 1. The molecular weight excluding hydrogens is 294 g/mol. The fourth-order valence-corrected chi connectivity index (χ4v) is 3.55. The lowest BCUT2D eigenvalue weighted by molar-refractivity contribution is 0.120. The highest BCUT2D eigenvalue weighted by Gasteiger charge is 2.19. The molecule has 2 heterocycles. The van der Waals surface area contributed by atoms with Crippen LogP contribution in [-0.2, 0) is 6.54 Å². The van der Waals surface area contributed by atoms with Gasteiger partial charge < -0.3 is 10.2 Å². The minimum Gasteiger partial charge on any atom is -0.316 e. The Morgan fingerprint density at radius 1 is 1.00 bits per heavy atom. The first-order valence-electron chi connectivity index (χ1n) is 8.59. The van der Waals surface area contributed by atoms with Crippen LogP contribution in [0.25, 0.3) is 0 Å². The molecule has 3 rings (SSSR count). The summed E-state index contributed by atoms with van der Waals surface area (Å²) in [5.74, 6) is 0.918. The highest BCUT2D eigenvalue weighted by molar-refractivity contribution is 5.85. The molecule has 22 heavy (non-hydrogen) atoms. The summed E-state index contributed by atoms with van der Waals surface area (Å²) in [6.07, 6.45) is 4.18. The van der Waals surface area contributed by atoms with Crippen LogP contribution < -0.4 is 5.32 Å². The van der Waals surface area contributed by atoms with E-state index >= 15 is 0 Å². The quantitative estimate of drug-likeness (QED) is 0.898. The molecule has 4 heteroatoms. The van der Waals surface area contributed by atoms with Crippen molar-refractivity contribution in [1.29, 1.82) is 0 Å². The Bertz CT molecular complexity index is 398. The van der Waals surface area contributed by atoms with Crippen LogP contribution in [0.2, 0.25) is 0 Å². The second-order valence-electron chi connectivity index (χ2n) is 6.60. The normalized spacial score (nSPS) is 23.9. The molecule has 1 aromatic carbocycles. The molecule has 2 aliphatic rings. The Hall–Kier alpha value is -0.610. The average Bonchev–Trinajstić information content (AvgIpc) is 2.56. The standard InChI is InChI=1S/C18H29N3.ClH/c1-2-5-18(6-3-1)16-21-13-11-20(12-14-21)10-8-17-7-4-9-19-15-17;/h1-3,5-6,17,19H,4,7-16H2;1H. The van der Waals surface area contributed by atoms with E-state index in [0.717, 1.165) is 12.5 Å². The summed E-state index contributed by atoms with van der Waals surface area (Å²) >= 11 is 0. The third-order valence-corrected chi connectivity index (χ3v) is 4.97. The first-order chi connectivity index (χ1) is 10.4. The molecule has 124 valence electrons. The SMILES string of the molecule is Cl.c1ccc(CN2CCN(CCC3CCCNC3)CC2)cc1. The number of hydrogen-bond acceptors (Lipinski definition) is 3. The van der Waals surface area contributed by atoms with E-state index in [1.54, 1.807) is 0 Å². The predicted octanol–water partition coefficient (Wildman–Crippen LogP) is 2.62. The summed E-state index contributed by atoms with van der Waals surface area (Å²) < 4.78 is 0. The molecule has 3 nitrogen and oxygen atoms in total. The van der Waals surface area contributed by atoms with Gasteiger partial charge in [0.25, 0.3) is 0 Å². The molecule has 0 radical (unpaired) electrons. The van der Waals surface area contributed by atoms with Gasteiger partial charge in [0, 0.05) is 32.7 Å². The van der Waals surface area contributed by atoms with Crippen LogP contribution >= 0.6 is 12.4 Å². The molecule has 0 saturated carbocycles. The monoisotopic (exact) mass is 323 g/mol. The van der Waals surface area contributed by atoms with Crippen LogP contribution in [0.5, 0.6) is 0 Å². The Labute approximate surface area is 141 Å². The van der Waals surface area contributed by atoms with Crippen molar-refractivity contribution in [3.05, 3.63) is 35.9 Å². The maximum Gasteiger partial charge on any atom is 0.0234 e. The number of rotatable bonds is 5. The van der Waals surface area contributed by atoms with E-state index in [1.807, 2.05) is 0 Å². The maximum atomic E-state index is 3.53. The number of halogens is 1. The zero-order valence-corrected chi connectivity index (χ0v) is 14.4. The first-order valence-corrected chi connectivity index (χ1v) is 8.59. The van der Waals surface area contributed by atoms with Crippen LogP contribution in [0.15, 0.2) is 30.3 Å². The van der Waals surface area contributed by atoms with Gasteiger partial charge >= 0.3 is 0 Å². The van der Waals surface area contributed by atoms with Crippen LogP contribution in [0.3, 0.4) is 0 Å². The van der Waals surface area contributed by atoms with E-state index in [9.17, 15) is 0 Å². The van der Waals surface area contributed by atoms with Crippen molar-refractivity contribution < 1.29 is 0 Å². The van der Waals surface area contributed by atoms with Gasteiger partial charge in [-0.1, -0.05) is 30.3 Å². The lowest BCUT2D eigenvalue weighted by atomic mass is 9.96. The second-order valence-corrected chi connectivity index (χ2v) is 6.60. The Morgan fingerprint density at radius 3 is 2.41 bits per heavy atom. The molecule has 2 aliphatic heterocycles. The number of benzene rings is 1. The van der Waals surface area contributed by atoms with Crippen molar-refractivity contribution in [1.82, 2.24) is 15.1 Å². The maximum absolute atomic E-state index is 3.53. The predicted molar refractivity (Wildman–Crippen MR) is 95.6 cm³/mol. The van der Waals surface area contributed by atoms with Crippen molar-refractivity contribution in [3.63, 3.8) is 0 Å². The molecular formula is C18H30ClN3. The molecule has 2 saturated heterocycles. The minimum absolute atomic E-state index is 0. The smallest absolute Gasteiger partial charge is 0.0234 e. The first kappa shape index (κ1) is 17.7. The van der Waals surface area contributed by atoms with Gasteiger partial charge in [0.15, 0.2) is 0 Å². The van der Waals surface area contributed by atoms with E-state index < -0.39 is 0 Å². The van der Waals surface area contributed by atoms with Gasteiger partial charge in [-0.3, -0.25) is 4.90 Å². The van der Waals surface area contributed by atoms with Gasteiger partial charge in [-0.2, -0.15) is 0 Å². The highest BCUT2D eigenvalue weighted by atomic mass is 35.5. The molecule has 0 bridgehead atoms. The van der Waals surface area contributed by atoms with Gasteiger partial charge in [-0.15, -0.1) is 12.4 Å². The molecule has 2 fully saturated rings. The van der Waals surface area contributed by atoms with Gasteiger partial charge in [-0.25, -0.2) is 0 Å². The largest absolute Gasteiger partial charge is 0.316 e.